The van der Waals surface area contributed by atoms with Crippen molar-refractivity contribution in [3.63, 3.8) is 0 Å². The zero-order chi connectivity index (χ0) is 12.7. The van der Waals surface area contributed by atoms with Crippen LogP contribution in [0.4, 0.5) is 5.69 Å². The van der Waals surface area contributed by atoms with Gasteiger partial charge in [0.25, 0.3) is 0 Å². The van der Waals surface area contributed by atoms with Crippen molar-refractivity contribution in [2.24, 2.45) is 5.73 Å². The number of anilines is 1. The van der Waals surface area contributed by atoms with Gasteiger partial charge in [0.15, 0.2) is 0 Å². The first kappa shape index (κ1) is 13.7. The Bertz CT molecular complexity index is 350. The summed E-state index contributed by atoms with van der Waals surface area (Å²) in [6, 6.07) is 9.45. The van der Waals surface area contributed by atoms with E-state index in [0.717, 1.165) is 24.9 Å². The van der Waals surface area contributed by atoms with Crippen LogP contribution < -0.4 is 11.1 Å². The first-order chi connectivity index (χ1) is 8.12. The molecule has 3 nitrogen and oxygen atoms in total. The highest BCUT2D eigenvalue weighted by Gasteiger charge is 2.31. The van der Waals surface area contributed by atoms with E-state index in [1.807, 2.05) is 37.3 Å². The highest BCUT2D eigenvalue weighted by atomic mass is 16.2. The van der Waals surface area contributed by atoms with Gasteiger partial charge in [0.1, 0.15) is 0 Å². The number of hydrogen-bond acceptors (Lipinski definition) is 2. The Morgan fingerprint density at radius 2 is 1.94 bits per heavy atom. The molecule has 0 fully saturated rings. The molecule has 0 spiro atoms. The van der Waals surface area contributed by atoms with E-state index in [2.05, 4.69) is 12.2 Å². The topological polar surface area (TPSA) is 55.1 Å². The Labute approximate surface area is 103 Å². The van der Waals surface area contributed by atoms with Crippen molar-refractivity contribution in [2.45, 2.75) is 45.1 Å². The summed E-state index contributed by atoms with van der Waals surface area (Å²) in [6.07, 6.45) is 3.43. The van der Waals surface area contributed by atoms with Crippen LogP contribution >= 0.6 is 0 Å². The molecule has 1 rings (SSSR count). The van der Waals surface area contributed by atoms with Gasteiger partial charge in [-0.15, -0.1) is 0 Å². The molecule has 17 heavy (non-hydrogen) atoms. The lowest BCUT2D eigenvalue weighted by Crippen LogP contribution is -2.50. The van der Waals surface area contributed by atoms with E-state index in [0.29, 0.717) is 6.42 Å². The zero-order valence-electron chi connectivity index (χ0n) is 10.7. The molecule has 0 aromatic heterocycles. The molecule has 0 aliphatic carbocycles. The van der Waals surface area contributed by atoms with Gasteiger partial charge in [0.2, 0.25) is 5.91 Å². The number of carbonyl (C=O) groups excluding carboxylic acids is 1. The van der Waals surface area contributed by atoms with Crippen molar-refractivity contribution < 1.29 is 4.79 Å². The molecule has 94 valence electrons. The fourth-order valence-corrected chi connectivity index (χ4v) is 1.72. The Balaban J connectivity index is 2.66. The molecule has 3 N–H and O–H groups in total. The van der Waals surface area contributed by atoms with Gasteiger partial charge in [0.05, 0.1) is 5.54 Å². The summed E-state index contributed by atoms with van der Waals surface area (Å²) in [5, 5.41) is 2.88. The standard InChI is InChI=1S/C14H22N2O/c1-3-5-11-14(15,4-2)13(17)16-12-9-7-6-8-10-12/h6-10H,3-5,11,15H2,1-2H3,(H,16,17). The van der Waals surface area contributed by atoms with Gasteiger partial charge in [-0.3, -0.25) is 4.79 Å². The molecular weight excluding hydrogens is 212 g/mol. The van der Waals surface area contributed by atoms with Gasteiger partial charge in [-0.25, -0.2) is 0 Å². The summed E-state index contributed by atoms with van der Waals surface area (Å²) in [4.78, 5) is 12.1. The third-order valence-electron chi connectivity index (χ3n) is 3.09. The zero-order valence-corrected chi connectivity index (χ0v) is 10.7. The molecule has 0 heterocycles. The van der Waals surface area contributed by atoms with E-state index in [-0.39, 0.29) is 5.91 Å². The van der Waals surface area contributed by atoms with Crippen molar-refractivity contribution >= 4 is 11.6 Å². The molecular formula is C14H22N2O. The monoisotopic (exact) mass is 234 g/mol. The first-order valence-corrected chi connectivity index (χ1v) is 6.27. The van der Waals surface area contributed by atoms with E-state index >= 15 is 0 Å². The third-order valence-corrected chi connectivity index (χ3v) is 3.09. The first-order valence-electron chi connectivity index (χ1n) is 6.27. The molecule has 0 bridgehead atoms. The molecule has 1 aromatic rings. The Hall–Kier alpha value is -1.35. The lowest BCUT2D eigenvalue weighted by molar-refractivity contribution is -0.121. The largest absolute Gasteiger partial charge is 0.324 e. The molecule has 1 amide bonds. The van der Waals surface area contributed by atoms with Crippen LogP contribution in [-0.2, 0) is 4.79 Å². The predicted molar refractivity (Wildman–Crippen MR) is 71.8 cm³/mol. The number of unbranched alkanes of at least 4 members (excludes halogenated alkanes) is 1. The number of para-hydroxylation sites is 1. The van der Waals surface area contributed by atoms with E-state index in [1.54, 1.807) is 0 Å². The molecule has 1 aromatic carbocycles. The van der Waals surface area contributed by atoms with Crippen LogP contribution in [-0.4, -0.2) is 11.4 Å². The van der Waals surface area contributed by atoms with Gasteiger partial charge in [0, 0.05) is 5.69 Å². The van der Waals surface area contributed by atoms with Crippen LogP contribution in [0.25, 0.3) is 0 Å². The normalized spacial score (nSPS) is 14.1. The molecule has 3 heteroatoms. The van der Waals surface area contributed by atoms with Crippen molar-refractivity contribution in [3.05, 3.63) is 30.3 Å². The number of benzene rings is 1. The van der Waals surface area contributed by atoms with E-state index in [9.17, 15) is 4.79 Å². The number of nitrogens with two attached hydrogens (primary N) is 1. The number of rotatable bonds is 6. The van der Waals surface area contributed by atoms with Crippen molar-refractivity contribution in [3.8, 4) is 0 Å². The van der Waals surface area contributed by atoms with Crippen LogP contribution in [0.5, 0.6) is 0 Å². The van der Waals surface area contributed by atoms with Crippen LogP contribution in [0.15, 0.2) is 30.3 Å². The maximum absolute atomic E-state index is 12.1. The van der Waals surface area contributed by atoms with Crippen molar-refractivity contribution in [1.82, 2.24) is 0 Å². The average molecular weight is 234 g/mol. The Kier molecular flexibility index (Phi) is 5.16. The fraction of sp³-hybridized carbons (Fsp3) is 0.500. The smallest absolute Gasteiger partial charge is 0.244 e. The Morgan fingerprint density at radius 3 is 2.47 bits per heavy atom. The minimum absolute atomic E-state index is 0.0837. The molecule has 0 saturated heterocycles. The fourth-order valence-electron chi connectivity index (χ4n) is 1.72. The lowest BCUT2D eigenvalue weighted by atomic mass is 9.90. The molecule has 0 aliphatic rings. The third kappa shape index (κ3) is 3.86. The Morgan fingerprint density at radius 1 is 1.29 bits per heavy atom. The summed E-state index contributed by atoms with van der Waals surface area (Å²) in [7, 11) is 0. The summed E-state index contributed by atoms with van der Waals surface area (Å²) in [5.41, 5.74) is 6.22. The quantitative estimate of drug-likeness (QED) is 0.795. The van der Waals surface area contributed by atoms with Crippen LogP contribution in [0, 0.1) is 0 Å². The predicted octanol–water partition coefficient (Wildman–Crippen LogP) is 2.92. The van der Waals surface area contributed by atoms with Crippen LogP contribution in [0.2, 0.25) is 0 Å². The van der Waals surface area contributed by atoms with Crippen molar-refractivity contribution in [2.75, 3.05) is 5.32 Å². The SMILES string of the molecule is CCCCC(N)(CC)C(=O)Nc1ccccc1. The molecule has 1 atom stereocenters. The summed E-state index contributed by atoms with van der Waals surface area (Å²) in [6.45, 7) is 4.06. The van der Waals surface area contributed by atoms with Crippen LogP contribution in [0.3, 0.4) is 0 Å². The second kappa shape index (κ2) is 6.40. The average Bonchev–Trinajstić information content (AvgIpc) is 2.37. The molecule has 0 aliphatic heterocycles. The summed E-state index contributed by atoms with van der Waals surface area (Å²) in [5.74, 6) is -0.0837. The number of amides is 1. The van der Waals surface area contributed by atoms with E-state index in [4.69, 9.17) is 5.73 Å². The highest BCUT2D eigenvalue weighted by molar-refractivity contribution is 5.97. The maximum Gasteiger partial charge on any atom is 0.244 e. The lowest BCUT2D eigenvalue weighted by Gasteiger charge is -2.26. The molecule has 0 radical (unpaired) electrons. The summed E-state index contributed by atoms with van der Waals surface area (Å²) < 4.78 is 0. The highest BCUT2D eigenvalue weighted by Crippen LogP contribution is 2.18. The van der Waals surface area contributed by atoms with Crippen molar-refractivity contribution in [1.29, 1.82) is 0 Å². The van der Waals surface area contributed by atoms with Gasteiger partial charge in [-0.05, 0) is 25.0 Å². The van der Waals surface area contributed by atoms with Crippen LogP contribution in [0.1, 0.15) is 39.5 Å². The van der Waals surface area contributed by atoms with Gasteiger partial charge in [-0.2, -0.15) is 0 Å². The van der Waals surface area contributed by atoms with Gasteiger partial charge < -0.3 is 11.1 Å². The van der Waals surface area contributed by atoms with E-state index in [1.165, 1.54) is 0 Å². The van der Waals surface area contributed by atoms with E-state index < -0.39 is 5.54 Å². The minimum atomic E-state index is -0.744. The number of nitrogens with one attached hydrogen (secondary N) is 1. The second-order valence-corrected chi connectivity index (χ2v) is 4.43. The number of carbonyl (C=O) groups is 1. The molecule has 1 unspecified atom stereocenters. The minimum Gasteiger partial charge on any atom is -0.324 e. The maximum atomic E-state index is 12.1. The second-order valence-electron chi connectivity index (χ2n) is 4.43. The van der Waals surface area contributed by atoms with Gasteiger partial charge in [-0.1, -0.05) is 44.9 Å². The number of hydrogen-bond donors (Lipinski definition) is 2. The van der Waals surface area contributed by atoms with Gasteiger partial charge >= 0.3 is 0 Å². The molecule has 0 saturated carbocycles. The summed E-state index contributed by atoms with van der Waals surface area (Å²) >= 11 is 0.